The minimum Gasteiger partial charge on any atom is -0.448 e. The number of aliphatic hydroxyl groups is 1. The normalized spacial score (nSPS) is 26.9. The maximum Gasteiger partial charge on any atom is 0.410 e. The fourth-order valence-electron chi connectivity index (χ4n) is 6.00. The Balaban J connectivity index is 1.30. The van der Waals surface area contributed by atoms with Crippen molar-refractivity contribution in [2.45, 2.75) is 62.6 Å². The van der Waals surface area contributed by atoms with Crippen LogP contribution in [0.3, 0.4) is 0 Å². The van der Waals surface area contributed by atoms with Gasteiger partial charge in [0.1, 0.15) is 6.61 Å². The standard InChI is InChI=1S/C26H29NO3/c1-17(2)13-26(29)14-18-11-12-19(15-26)27(18)25(28)30-16-24-22-9-5-3-7-20(22)21-8-4-6-10-23(21)24/h3-10,18-19,24,29H,1,11-16H2,2H3. The predicted molar refractivity (Wildman–Crippen MR) is 117 cm³/mol. The van der Waals surface area contributed by atoms with Gasteiger partial charge in [0.25, 0.3) is 0 Å². The summed E-state index contributed by atoms with van der Waals surface area (Å²) >= 11 is 0. The monoisotopic (exact) mass is 403 g/mol. The van der Waals surface area contributed by atoms with E-state index in [0.717, 1.165) is 18.4 Å². The molecule has 2 heterocycles. The second-order valence-corrected chi connectivity index (χ2v) is 9.36. The summed E-state index contributed by atoms with van der Waals surface area (Å²) in [5.74, 6) is 0.0733. The molecule has 3 aliphatic rings. The van der Waals surface area contributed by atoms with Crippen molar-refractivity contribution in [2.75, 3.05) is 6.61 Å². The number of benzene rings is 2. The second kappa shape index (κ2) is 7.28. The molecule has 4 heteroatoms. The summed E-state index contributed by atoms with van der Waals surface area (Å²) in [6.07, 6.45) is 3.47. The van der Waals surface area contributed by atoms with Gasteiger partial charge in [0.05, 0.1) is 5.60 Å². The summed E-state index contributed by atoms with van der Waals surface area (Å²) in [6.45, 7) is 6.27. The van der Waals surface area contributed by atoms with Crippen LogP contribution in [0.2, 0.25) is 0 Å². The van der Waals surface area contributed by atoms with E-state index in [-0.39, 0.29) is 24.1 Å². The Hall–Kier alpha value is -2.59. The SMILES string of the molecule is C=C(C)CC1(O)CC2CCC(C1)N2C(=O)OCC1c2ccccc2-c2ccccc21. The van der Waals surface area contributed by atoms with Crippen LogP contribution >= 0.6 is 0 Å². The van der Waals surface area contributed by atoms with E-state index in [1.165, 1.54) is 22.3 Å². The molecule has 2 aliphatic heterocycles. The van der Waals surface area contributed by atoms with Crippen molar-refractivity contribution >= 4 is 6.09 Å². The van der Waals surface area contributed by atoms with Gasteiger partial charge in [0.2, 0.25) is 0 Å². The van der Waals surface area contributed by atoms with Gasteiger partial charge in [0, 0.05) is 18.0 Å². The van der Waals surface area contributed by atoms with Crippen molar-refractivity contribution in [1.29, 1.82) is 0 Å². The van der Waals surface area contributed by atoms with Crippen molar-refractivity contribution < 1.29 is 14.6 Å². The highest BCUT2D eigenvalue weighted by Gasteiger charge is 2.49. The van der Waals surface area contributed by atoms with Gasteiger partial charge in [0.15, 0.2) is 0 Å². The highest BCUT2D eigenvalue weighted by Crippen LogP contribution is 2.46. The zero-order valence-electron chi connectivity index (χ0n) is 17.5. The van der Waals surface area contributed by atoms with Crippen molar-refractivity contribution in [2.24, 2.45) is 0 Å². The average Bonchev–Trinajstić information content (AvgIpc) is 3.18. The lowest BCUT2D eigenvalue weighted by Crippen LogP contribution is -2.53. The van der Waals surface area contributed by atoms with Crippen LogP contribution in [0.25, 0.3) is 11.1 Å². The van der Waals surface area contributed by atoms with E-state index in [2.05, 4.69) is 43.0 Å². The molecule has 2 saturated heterocycles. The smallest absolute Gasteiger partial charge is 0.410 e. The number of hydrogen-bond donors (Lipinski definition) is 1. The molecule has 5 rings (SSSR count). The Kier molecular flexibility index (Phi) is 4.70. The summed E-state index contributed by atoms with van der Waals surface area (Å²) in [5, 5.41) is 11.0. The molecular weight excluding hydrogens is 374 g/mol. The molecule has 1 aliphatic carbocycles. The highest BCUT2D eigenvalue weighted by atomic mass is 16.6. The van der Waals surface area contributed by atoms with E-state index in [1.807, 2.05) is 24.0 Å². The van der Waals surface area contributed by atoms with Crippen molar-refractivity contribution in [3.63, 3.8) is 0 Å². The number of fused-ring (bicyclic) bond motifs is 5. The molecule has 0 saturated carbocycles. The number of ether oxygens (including phenoxy) is 1. The molecule has 0 spiro atoms. The van der Waals surface area contributed by atoms with E-state index in [9.17, 15) is 9.90 Å². The minimum atomic E-state index is -0.738. The molecule has 4 nitrogen and oxygen atoms in total. The number of nitrogens with zero attached hydrogens (tertiary/aromatic N) is 1. The molecule has 0 radical (unpaired) electrons. The largest absolute Gasteiger partial charge is 0.448 e. The Labute approximate surface area is 178 Å². The number of carbonyl (C=O) groups is 1. The second-order valence-electron chi connectivity index (χ2n) is 9.36. The molecule has 0 aromatic heterocycles. The first-order chi connectivity index (χ1) is 14.5. The van der Waals surface area contributed by atoms with Crippen LogP contribution in [0.1, 0.15) is 56.1 Å². The van der Waals surface area contributed by atoms with Gasteiger partial charge in [-0.3, -0.25) is 0 Å². The number of rotatable bonds is 4. The van der Waals surface area contributed by atoms with Gasteiger partial charge in [-0.05, 0) is 61.3 Å². The fourth-order valence-corrected chi connectivity index (χ4v) is 6.00. The third-order valence-electron chi connectivity index (χ3n) is 7.03. The zero-order valence-corrected chi connectivity index (χ0v) is 17.5. The molecular formula is C26H29NO3. The van der Waals surface area contributed by atoms with Gasteiger partial charge in [-0.1, -0.05) is 54.1 Å². The van der Waals surface area contributed by atoms with Gasteiger partial charge < -0.3 is 14.7 Å². The van der Waals surface area contributed by atoms with Crippen LogP contribution in [-0.4, -0.2) is 40.4 Å². The summed E-state index contributed by atoms with van der Waals surface area (Å²) < 4.78 is 5.90. The Morgan fingerprint density at radius 1 is 1.07 bits per heavy atom. The van der Waals surface area contributed by atoms with Gasteiger partial charge >= 0.3 is 6.09 Å². The van der Waals surface area contributed by atoms with Crippen molar-refractivity contribution in [1.82, 2.24) is 4.90 Å². The first kappa shape index (κ1) is 19.4. The van der Waals surface area contributed by atoms with E-state index < -0.39 is 5.60 Å². The summed E-state index contributed by atoms with van der Waals surface area (Å²) in [7, 11) is 0. The number of hydrogen-bond acceptors (Lipinski definition) is 3. The zero-order chi connectivity index (χ0) is 20.9. The first-order valence-corrected chi connectivity index (χ1v) is 11.0. The molecule has 1 amide bonds. The van der Waals surface area contributed by atoms with Crippen LogP contribution < -0.4 is 0 Å². The first-order valence-electron chi connectivity index (χ1n) is 11.0. The van der Waals surface area contributed by atoms with Crippen molar-refractivity contribution in [3.8, 4) is 11.1 Å². The lowest BCUT2D eigenvalue weighted by atomic mass is 9.82. The van der Waals surface area contributed by atoms with Gasteiger partial charge in [-0.15, -0.1) is 6.58 Å². The lowest BCUT2D eigenvalue weighted by Gasteiger charge is -2.43. The van der Waals surface area contributed by atoms with E-state index in [4.69, 9.17) is 4.74 Å². The number of piperidine rings is 1. The quantitative estimate of drug-likeness (QED) is 0.709. The van der Waals surface area contributed by atoms with Crippen LogP contribution in [-0.2, 0) is 4.74 Å². The average molecular weight is 404 g/mol. The molecule has 1 N–H and O–H groups in total. The van der Waals surface area contributed by atoms with Gasteiger partial charge in [-0.2, -0.15) is 0 Å². The van der Waals surface area contributed by atoms with Crippen LogP contribution in [0.5, 0.6) is 0 Å². The Morgan fingerprint density at radius 2 is 1.60 bits per heavy atom. The topological polar surface area (TPSA) is 49.8 Å². The third kappa shape index (κ3) is 3.24. The van der Waals surface area contributed by atoms with Crippen LogP contribution in [0, 0.1) is 0 Å². The maximum atomic E-state index is 13.1. The minimum absolute atomic E-state index is 0.0590. The van der Waals surface area contributed by atoms with Crippen LogP contribution in [0.15, 0.2) is 60.7 Å². The van der Waals surface area contributed by atoms with E-state index >= 15 is 0 Å². The Bertz CT molecular complexity index is 938. The molecule has 2 atom stereocenters. The molecule has 30 heavy (non-hydrogen) atoms. The maximum absolute atomic E-state index is 13.1. The predicted octanol–water partition coefficient (Wildman–Crippen LogP) is 5.26. The van der Waals surface area contributed by atoms with Crippen molar-refractivity contribution in [3.05, 3.63) is 71.8 Å². The highest BCUT2D eigenvalue weighted by molar-refractivity contribution is 5.79. The summed E-state index contributed by atoms with van der Waals surface area (Å²) in [4.78, 5) is 15.0. The van der Waals surface area contributed by atoms with E-state index in [1.54, 1.807) is 0 Å². The molecule has 2 aromatic rings. The molecule has 2 unspecified atom stereocenters. The molecule has 2 aromatic carbocycles. The lowest BCUT2D eigenvalue weighted by molar-refractivity contribution is -0.0477. The fraction of sp³-hybridized carbons (Fsp3) is 0.423. The summed E-state index contributed by atoms with van der Waals surface area (Å²) in [5.41, 5.74) is 5.17. The molecule has 156 valence electrons. The Morgan fingerprint density at radius 3 is 2.13 bits per heavy atom. The molecule has 2 bridgehead atoms. The van der Waals surface area contributed by atoms with Gasteiger partial charge in [-0.25, -0.2) is 4.79 Å². The third-order valence-corrected chi connectivity index (χ3v) is 7.03. The number of carbonyl (C=O) groups excluding carboxylic acids is 1. The van der Waals surface area contributed by atoms with E-state index in [0.29, 0.717) is 25.9 Å². The van der Waals surface area contributed by atoms with Crippen LogP contribution in [0.4, 0.5) is 4.79 Å². The molecule has 2 fully saturated rings. The summed E-state index contributed by atoms with van der Waals surface area (Å²) in [6, 6.07) is 16.9. The number of amides is 1.